The van der Waals surface area contributed by atoms with Crippen LogP contribution in [0.15, 0.2) is 24.3 Å². The van der Waals surface area contributed by atoms with Gasteiger partial charge in [0.15, 0.2) is 18.1 Å². The first-order valence-corrected chi connectivity index (χ1v) is 8.61. The number of methoxy groups -OCH3 is 1. The Balaban J connectivity index is 0.00000312. The highest BCUT2D eigenvalue weighted by atomic mass is 35.5. The van der Waals surface area contributed by atoms with Crippen LogP contribution < -0.4 is 20.5 Å². The van der Waals surface area contributed by atoms with Crippen molar-refractivity contribution in [2.75, 3.05) is 20.3 Å². The molecule has 6 heteroatoms. The Bertz CT molecular complexity index is 578. The van der Waals surface area contributed by atoms with E-state index in [0.717, 1.165) is 24.8 Å². The zero-order valence-electron chi connectivity index (χ0n) is 15.0. The van der Waals surface area contributed by atoms with Crippen LogP contribution in [0.1, 0.15) is 38.2 Å². The van der Waals surface area contributed by atoms with Crippen molar-refractivity contribution in [1.29, 1.82) is 0 Å². The number of carbonyl (C=O) groups is 1. The fourth-order valence-corrected chi connectivity index (χ4v) is 3.17. The van der Waals surface area contributed by atoms with Crippen LogP contribution in [0.4, 0.5) is 0 Å². The van der Waals surface area contributed by atoms with E-state index in [1.807, 2.05) is 37.3 Å². The molecule has 0 saturated heterocycles. The van der Waals surface area contributed by atoms with Gasteiger partial charge in [-0.25, -0.2) is 0 Å². The number of nitrogens with one attached hydrogen (secondary N) is 1. The fraction of sp³-hybridized carbons (Fsp3) is 0.526. The summed E-state index contributed by atoms with van der Waals surface area (Å²) in [5.74, 6) is 1.45. The topological polar surface area (TPSA) is 73.6 Å². The van der Waals surface area contributed by atoms with Crippen molar-refractivity contribution in [2.45, 2.75) is 38.6 Å². The minimum Gasteiger partial charge on any atom is -0.493 e. The van der Waals surface area contributed by atoms with Crippen molar-refractivity contribution < 1.29 is 14.3 Å². The Morgan fingerprint density at radius 1 is 1.32 bits per heavy atom. The maximum atomic E-state index is 12.2. The Kier molecular flexibility index (Phi) is 9.39. The molecule has 3 N–H and O–H groups in total. The Morgan fingerprint density at radius 3 is 2.76 bits per heavy atom. The summed E-state index contributed by atoms with van der Waals surface area (Å²) in [7, 11) is 1.59. The van der Waals surface area contributed by atoms with E-state index >= 15 is 0 Å². The summed E-state index contributed by atoms with van der Waals surface area (Å²) in [4.78, 5) is 12.2. The van der Waals surface area contributed by atoms with E-state index < -0.39 is 0 Å². The molecule has 2 atom stereocenters. The molecule has 0 aromatic heterocycles. The van der Waals surface area contributed by atoms with E-state index in [0.29, 0.717) is 24.0 Å². The molecule has 5 nitrogen and oxygen atoms in total. The third kappa shape index (κ3) is 6.25. The van der Waals surface area contributed by atoms with Crippen LogP contribution >= 0.6 is 12.4 Å². The summed E-state index contributed by atoms with van der Waals surface area (Å²) in [5.41, 5.74) is 6.83. The van der Waals surface area contributed by atoms with E-state index in [-0.39, 0.29) is 31.0 Å². The van der Waals surface area contributed by atoms with Crippen LogP contribution in [-0.4, -0.2) is 32.2 Å². The molecule has 1 aliphatic rings. The average Bonchev–Trinajstić information content (AvgIpc) is 2.61. The van der Waals surface area contributed by atoms with Gasteiger partial charge in [0.05, 0.1) is 7.11 Å². The van der Waals surface area contributed by atoms with Crippen LogP contribution in [0.5, 0.6) is 11.5 Å². The predicted molar refractivity (Wildman–Crippen MR) is 103 cm³/mol. The van der Waals surface area contributed by atoms with Gasteiger partial charge in [0.1, 0.15) is 0 Å². The molecule has 0 bridgehead atoms. The minimum atomic E-state index is -0.111. The van der Waals surface area contributed by atoms with Crippen molar-refractivity contribution in [3.8, 4) is 11.5 Å². The van der Waals surface area contributed by atoms with E-state index in [1.165, 1.54) is 6.42 Å². The van der Waals surface area contributed by atoms with Gasteiger partial charge in [-0.15, -0.1) is 12.4 Å². The smallest absolute Gasteiger partial charge is 0.258 e. The lowest BCUT2D eigenvalue weighted by atomic mass is 9.84. The van der Waals surface area contributed by atoms with Crippen molar-refractivity contribution >= 4 is 24.4 Å². The quantitative estimate of drug-likeness (QED) is 0.775. The lowest BCUT2D eigenvalue weighted by Gasteiger charge is -2.31. The van der Waals surface area contributed by atoms with Gasteiger partial charge >= 0.3 is 0 Å². The lowest BCUT2D eigenvalue weighted by Crippen LogP contribution is -2.46. The van der Waals surface area contributed by atoms with Crippen LogP contribution in [0.25, 0.3) is 6.08 Å². The van der Waals surface area contributed by atoms with Gasteiger partial charge in [-0.1, -0.05) is 31.1 Å². The summed E-state index contributed by atoms with van der Waals surface area (Å²) in [6, 6.07) is 5.81. The monoisotopic (exact) mass is 368 g/mol. The third-order valence-corrected chi connectivity index (χ3v) is 4.46. The Hall–Kier alpha value is -1.72. The summed E-state index contributed by atoms with van der Waals surface area (Å²) in [5, 5.41) is 3.06. The second kappa shape index (κ2) is 11.0. The first kappa shape index (κ1) is 21.3. The number of hydrogen-bond acceptors (Lipinski definition) is 4. The number of rotatable bonds is 7. The minimum absolute atomic E-state index is 0. The number of hydrogen-bond donors (Lipinski definition) is 2. The van der Waals surface area contributed by atoms with Crippen LogP contribution in [0.2, 0.25) is 0 Å². The number of carbonyl (C=O) groups excluding carboxylic acids is 1. The van der Waals surface area contributed by atoms with Crippen LogP contribution in [0.3, 0.4) is 0 Å². The molecule has 1 aliphatic carbocycles. The van der Waals surface area contributed by atoms with Crippen molar-refractivity contribution in [2.24, 2.45) is 11.7 Å². The molecular formula is C19H29ClN2O3. The second-order valence-electron chi connectivity index (χ2n) is 6.15. The van der Waals surface area contributed by atoms with Gasteiger partial charge in [0.2, 0.25) is 0 Å². The van der Waals surface area contributed by atoms with Crippen molar-refractivity contribution in [3.63, 3.8) is 0 Å². The lowest BCUT2D eigenvalue weighted by molar-refractivity contribution is -0.124. The van der Waals surface area contributed by atoms with E-state index in [4.69, 9.17) is 15.2 Å². The molecule has 1 aromatic carbocycles. The number of halogens is 1. The standard InChI is InChI=1S/C19H28N2O3.ClH/c1-3-6-14-9-10-17(18(11-14)23-2)24-13-19(22)21-16-8-5-4-7-15(16)12-20;/h3,6,9-11,15-16H,4-5,7-8,12-13,20H2,1-2H3,(H,21,22);1H/b6-3+;. The molecule has 1 amide bonds. The molecule has 0 radical (unpaired) electrons. The normalized spacial score (nSPS) is 20.0. The summed E-state index contributed by atoms with van der Waals surface area (Å²) in [6.45, 7) is 2.56. The maximum absolute atomic E-state index is 12.2. The molecule has 2 unspecified atom stereocenters. The molecule has 25 heavy (non-hydrogen) atoms. The van der Waals surface area contributed by atoms with E-state index in [9.17, 15) is 4.79 Å². The molecule has 1 fully saturated rings. The number of allylic oxidation sites excluding steroid dienone is 1. The highest BCUT2D eigenvalue weighted by Gasteiger charge is 2.25. The molecular weight excluding hydrogens is 340 g/mol. The Morgan fingerprint density at radius 2 is 2.08 bits per heavy atom. The summed E-state index contributed by atoms with van der Waals surface area (Å²) >= 11 is 0. The number of benzene rings is 1. The zero-order chi connectivity index (χ0) is 17.4. The SMILES string of the molecule is C/C=C/c1ccc(OCC(=O)NC2CCCCC2CN)c(OC)c1.Cl. The summed E-state index contributed by atoms with van der Waals surface area (Å²) < 4.78 is 11.0. The van der Waals surface area contributed by atoms with Crippen molar-refractivity contribution in [3.05, 3.63) is 29.8 Å². The summed E-state index contributed by atoms with van der Waals surface area (Å²) in [6.07, 6.45) is 8.36. The van der Waals surface area contributed by atoms with Crippen LogP contribution in [-0.2, 0) is 4.79 Å². The van der Waals surface area contributed by atoms with Gasteiger partial charge in [-0.3, -0.25) is 4.79 Å². The maximum Gasteiger partial charge on any atom is 0.258 e. The Labute approximate surface area is 156 Å². The third-order valence-electron chi connectivity index (χ3n) is 4.46. The van der Waals surface area contributed by atoms with E-state index in [1.54, 1.807) is 7.11 Å². The molecule has 1 saturated carbocycles. The van der Waals surface area contributed by atoms with Gasteiger partial charge in [-0.2, -0.15) is 0 Å². The molecule has 140 valence electrons. The van der Waals surface area contributed by atoms with Gasteiger partial charge < -0.3 is 20.5 Å². The highest BCUT2D eigenvalue weighted by molar-refractivity contribution is 5.85. The van der Waals surface area contributed by atoms with Gasteiger partial charge in [0.25, 0.3) is 5.91 Å². The highest BCUT2D eigenvalue weighted by Crippen LogP contribution is 2.28. The van der Waals surface area contributed by atoms with Gasteiger partial charge in [0, 0.05) is 6.04 Å². The second-order valence-corrected chi connectivity index (χ2v) is 6.15. The first-order chi connectivity index (χ1) is 11.7. The van der Waals surface area contributed by atoms with E-state index in [2.05, 4.69) is 5.32 Å². The average molecular weight is 369 g/mol. The largest absolute Gasteiger partial charge is 0.493 e. The van der Waals surface area contributed by atoms with Crippen LogP contribution in [0, 0.1) is 5.92 Å². The first-order valence-electron chi connectivity index (χ1n) is 8.61. The molecule has 0 spiro atoms. The van der Waals surface area contributed by atoms with Crippen molar-refractivity contribution in [1.82, 2.24) is 5.32 Å². The molecule has 1 aromatic rings. The number of ether oxygens (including phenoxy) is 2. The fourth-order valence-electron chi connectivity index (χ4n) is 3.17. The number of amides is 1. The molecule has 2 rings (SSSR count). The molecule has 0 aliphatic heterocycles. The van der Waals surface area contributed by atoms with Gasteiger partial charge in [-0.05, 0) is 49.9 Å². The predicted octanol–water partition coefficient (Wildman–Crippen LogP) is 3.16. The number of nitrogens with two attached hydrogens (primary N) is 1. The zero-order valence-corrected chi connectivity index (χ0v) is 15.8. The molecule has 0 heterocycles.